The Morgan fingerprint density at radius 2 is 1.68 bits per heavy atom. The van der Waals surface area contributed by atoms with Gasteiger partial charge >= 0.3 is 0 Å². The van der Waals surface area contributed by atoms with Crippen LogP contribution in [0.5, 0.6) is 0 Å². The van der Waals surface area contributed by atoms with Gasteiger partial charge in [0.2, 0.25) is 5.91 Å². The third-order valence-electron chi connectivity index (χ3n) is 3.99. The van der Waals surface area contributed by atoms with Crippen molar-refractivity contribution in [1.29, 1.82) is 0 Å². The van der Waals surface area contributed by atoms with Crippen LogP contribution in [0.1, 0.15) is 15.9 Å². The first-order chi connectivity index (χ1) is 13.5. The van der Waals surface area contributed by atoms with Gasteiger partial charge in [0.25, 0.3) is 5.91 Å². The lowest BCUT2D eigenvalue weighted by molar-refractivity contribution is -0.113. The first-order valence-corrected chi connectivity index (χ1v) is 9.65. The third-order valence-corrected chi connectivity index (χ3v) is 4.98. The summed E-state index contributed by atoms with van der Waals surface area (Å²) < 4.78 is 13.0. The van der Waals surface area contributed by atoms with Crippen LogP contribution in [0.2, 0.25) is 0 Å². The fourth-order valence-electron chi connectivity index (χ4n) is 2.52. The minimum atomic E-state index is -0.390. The van der Waals surface area contributed by atoms with Gasteiger partial charge in [0.15, 0.2) is 0 Å². The van der Waals surface area contributed by atoms with E-state index in [1.165, 1.54) is 36.0 Å². The standard InChI is InChI=1S/C22H19FN2O2S/c1-15-5-2-3-8-20(15)25-21(26)14-28-19-7-4-6-18(13-19)24-22(27)16-9-11-17(23)12-10-16/h2-13H,14H2,1H3,(H,24,27)(H,25,26). The van der Waals surface area contributed by atoms with Gasteiger partial charge in [0.1, 0.15) is 5.82 Å². The number of aryl methyl sites for hydroxylation is 1. The second-order valence-electron chi connectivity index (χ2n) is 6.14. The maximum absolute atomic E-state index is 13.0. The number of carbonyl (C=O) groups is 2. The summed E-state index contributed by atoms with van der Waals surface area (Å²) in [6.45, 7) is 1.94. The van der Waals surface area contributed by atoms with E-state index in [-0.39, 0.29) is 23.4 Å². The fourth-order valence-corrected chi connectivity index (χ4v) is 3.27. The summed E-state index contributed by atoms with van der Waals surface area (Å²) in [4.78, 5) is 25.3. The molecule has 0 bridgehead atoms. The molecule has 0 spiro atoms. The van der Waals surface area contributed by atoms with Gasteiger partial charge in [-0.2, -0.15) is 0 Å². The zero-order valence-corrected chi connectivity index (χ0v) is 16.1. The van der Waals surface area contributed by atoms with Gasteiger partial charge in [-0.25, -0.2) is 4.39 Å². The van der Waals surface area contributed by atoms with Crippen molar-refractivity contribution in [3.8, 4) is 0 Å². The third kappa shape index (κ3) is 5.44. The van der Waals surface area contributed by atoms with Crippen LogP contribution < -0.4 is 10.6 Å². The first-order valence-electron chi connectivity index (χ1n) is 8.66. The minimum Gasteiger partial charge on any atom is -0.325 e. The highest BCUT2D eigenvalue weighted by Crippen LogP contribution is 2.23. The summed E-state index contributed by atoms with van der Waals surface area (Å²) in [5.41, 5.74) is 2.79. The Morgan fingerprint density at radius 3 is 2.43 bits per heavy atom. The molecule has 0 saturated heterocycles. The molecular weight excluding hydrogens is 375 g/mol. The number of hydrogen-bond acceptors (Lipinski definition) is 3. The van der Waals surface area contributed by atoms with Crippen molar-refractivity contribution in [3.05, 3.63) is 89.7 Å². The molecule has 142 valence electrons. The molecule has 0 aromatic heterocycles. The van der Waals surface area contributed by atoms with Gasteiger partial charge in [-0.1, -0.05) is 24.3 Å². The largest absolute Gasteiger partial charge is 0.325 e. The number of rotatable bonds is 6. The molecule has 3 aromatic rings. The predicted molar refractivity (Wildman–Crippen MR) is 111 cm³/mol. The smallest absolute Gasteiger partial charge is 0.255 e. The highest BCUT2D eigenvalue weighted by molar-refractivity contribution is 8.00. The van der Waals surface area contributed by atoms with E-state index in [1.807, 2.05) is 43.3 Å². The van der Waals surface area contributed by atoms with E-state index >= 15 is 0 Å². The molecule has 0 aliphatic carbocycles. The highest BCUT2D eigenvalue weighted by atomic mass is 32.2. The van der Waals surface area contributed by atoms with Gasteiger partial charge in [0.05, 0.1) is 5.75 Å². The van der Waals surface area contributed by atoms with Crippen LogP contribution in [0.4, 0.5) is 15.8 Å². The minimum absolute atomic E-state index is 0.0972. The molecule has 0 unspecified atom stereocenters. The lowest BCUT2D eigenvalue weighted by Gasteiger charge is -2.09. The highest BCUT2D eigenvalue weighted by Gasteiger charge is 2.08. The number of amides is 2. The summed E-state index contributed by atoms with van der Waals surface area (Å²) in [6, 6.07) is 20.2. The average Bonchev–Trinajstić information content (AvgIpc) is 2.69. The molecule has 2 N–H and O–H groups in total. The zero-order chi connectivity index (χ0) is 19.9. The van der Waals surface area contributed by atoms with Crippen molar-refractivity contribution >= 4 is 35.0 Å². The van der Waals surface area contributed by atoms with Crippen molar-refractivity contribution in [2.45, 2.75) is 11.8 Å². The molecule has 0 aliphatic heterocycles. The summed E-state index contributed by atoms with van der Waals surface area (Å²) in [7, 11) is 0. The molecule has 0 saturated carbocycles. The van der Waals surface area contributed by atoms with Crippen LogP contribution in [0, 0.1) is 12.7 Å². The Hall–Kier alpha value is -3.12. The number of thioether (sulfide) groups is 1. The van der Waals surface area contributed by atoms with Crippen LogP contribution in [-0.2, 0) is 4.79 Å². The molecule has 0 heterocycles. The molecule has 3 rings (SSSR count). The number of halogens is 1. The number of para-hydroxylation sites is 1. The van der Waals surface area contributed by atoms with E-state index in [9.17, 15) is 14.0 Å². The summed E-state index contributed by atoms with van der Waals surface area (Å²) in [6.07, 6.45) is 0. The molecule has 4 nitrogen and oxygen atoms in total. The number of carbonyl (C=O) groups excluding carboxylic acids is 2. The van der Waals surface area contributed by atoms with Gasteiger partial charge in [-0.15, -0.1) is 11.8 Å². The number of nitrogens with one attached hydrogen (secondary N) is 2. The van der Waals surface area contributed by atoms with Crippen LogP contribution in [0.25, 0.3) is 0 Å². The zero-order valence-electron chi connectivity index (χ0n) is 15.2. The topological polar surface area (TPSA) is 58.2 Å². The predicted octanol–water partition coefficient (Wildman–Crippen LogP) is 5.12. The van der Waals surface area contributed by atoms with Gasteiger partial charge in [0, 0.05) is 21.8 Å². The number of benzene rings is 3. The van der Waals surface area contributed by atoms with E-state index in [1.54, 1.807) is 12.1 Å². The molecule has 0 aliphatic rings. The Balaban J connectivity index is 1.57. The molecular formula is C22H19FN2O2S. The molecule has 28 heavy (non-hydrogen) atoms. The molecule has 2 amide bonds. The summed E-state index contributed by atoms with van der Waals surface area (Å²) in [5.74, 6) is -0.553. The van der Waals surface area contributed by atoms with Crippen molar-refractivity contribution in [2.24, 2.45) is 0 Å². The lowest BCUT2D eigenvalue weighted by Crippen LogP contribution is -2.14. The fraction of sp³-hybridized carbons (Fsp3) is 0.0909. The van der Waals surface area contributed by atoms with Crippen LogP contribution in [-0.4, -0.2) is 17.6 Å². The SMILES string of the molecule is Cc1ccccc1NC(=O)CSc1cccc(NC(=O)c2ccc(F)cc2)c1. The lowest BCUT2D eigenvalue weighted by atomic mass is 10.2. The normalized spacial score (nSPS) is 10.4. The van der Waals surface area contributed by atoms with Crippen LogP contribution >= 0.6 is 11.8 Å². The summed E-state index contributed by atoms with van der Waals surface area (Å²) in [5, 5.41) is 5.67. The molecule has 3 aromatic carbocycles. The number of anilines is 2. The molecule has 0 atom stereocenters. The Morgan fingerprint density at radius 1 is 0.929 bits per heavy atom. The van der Waals surface area contributed by atoms with Crippen molar-refractivity contribution in [3.63, 3.8) is 0 Å². The summed E-state index contributed by atoms with van der Waals surface area (Å²) >= 11 is 1.38. The Labute approximate surface area is 167 Å². The quantitative estimate of drug-likeness (QED) is 0.571. The number of hydrogen-bond donors (Lipinski definition) is 2. The van der Waals surface area contributed by atoms with Gasteiger partial charge in [-0.3, -0.25) is 9.59 Å². The Kier molecular flexibility index (Phi) is 6.45. The van der Waals surface area contributed by atoms with E-state index in [0.29, 0.717) is 11.3 Å². The van der Waals surface area contributed by atoms with Crippen molar-refractivity contribution in [1.82, 2.24) is 0 Å². The van der Waals surface area contributed by atoms with E-state index < -0.39 is 0 Å². The molecule has 6 heteroatoms. The van der Waals surface area contributed by atoms with E-state index in [2.05, 4.69) is 10.6 Å². The maximum Gasteiger partial charge on any atom is 0.255 e. The second kappa shape index (κ2) is 9.19. The molecule has 0 fully saturated rings. The monoisotopic (exact) mass is 394 g/mol. The first kappa shape index (κ1) is 19.6. The van der Waals surface area contributed by atoms with E-state index in [0.717, 1.165) is 16.1 Å². The van der Waals surface area contributed by atoms with E-state index in [4.69, 9.17) is 0 Å². The van der Waals surface area contributed by atoms with Gasteiger partial charge < -0.3 is 10.6 Å². The van der Waals surface area contributed by atoms with Crippen LogP contribution in [0.3, 0.4) is 0 Å². The molecule has 0 radical (unpaired) electrons. The Bertz CT molecular complexity index is 990. The van der Waals surface area contributed by atoms with Gasteiger partial charge in [-0.05, 0) is 61.0 Å². The van der Waals surface area contributed by atoms with Crippen molar-refractivity contribution in [2.75, 3.05) is 16.4 Å². The average molecular weight is 394 g/mol. The van der Waals surface area contributed by atoms with Crippen LogP contribution in [0.15, 0.2) is 77.7 Å². The maximum atomic E-state index is 13.0. The second-order valence-corrected chi connectivity index (χ2v) is 7.19. The van der Waals surface area contributed by atoms with Crippen molar-refractivity contribution < 1.29 is 14.0 Å².